The average molecular weight is 535 g/mol. The first-order valence-electron chi connectivity index (χ1n) is 12.4. The monoisotopic (exact) mass is 534 g/mol. The molecule has 0 saturated heterocycles. The smallest absolute Gasteiger partial charge is 0.407 e. The van der Waals surface area contributed by atoms with Crippen LogP contribution in [0.2, 0.25) is 0 Å². The number of hydrogen-bond acceptors (Lipinski definition) is 10. The van der Waals surface area contributed by atoms with E-state index in [1.807, 2.05) is 6.07 Å². The molecule has 0 atom stereocenters. The maximum atomic E-state index is 14.0. The van der Waals surface area contributed by atoms with Gasteiger partial charge in [-0.3, -0.25) is 19.7 Å². The summed E-state index contributed by atoms with van der Waals surface area (Å²) in [6.07, 6.45) is 11.1. The van der Waals surface area contributed by atoms with E-state index in [1.165, 1.54) is 23.0 Å². The van der Waals surface area contributed by atoms with Crippen molar-refractivity contribution >= 4 is 34.8 Å². The van der Waals surface area contributed by atoms with Crippen LogP contribution in [0.5, 0.6) is 0 Å². The number of anilines is 3. The molecule has 4 aromatic rings. The Morgan fingerprint density at radius 1 is 1.03 bits per heavy atom. The number of nitrogens with zero attached hydrogens (tertiary/aromatic N) is 6. The van der Waals surface area contributed by atoms with E-state index in [0.29, 0.717) is 22.8 Å². The Labute approximate surface area is 222 Å². The predicted octanol–water partition coefficient (Wildman–Crippen LogP) is 3.00. The van der Waals surface area contributed by atoms with Crippen molar-refractivity contribution in [1.29, 1.82) is 0 Å². The molecule has 0 unspecified atom stereocenters. The normalized spacial score (nSPS) is 16.9. The van der Waals surface area contributed by atoms with Gasteiger partial charge in [-0.1, -0.05) is 0 Å². The van der Waals surface area contributed by atoms with Crippen molar-refractivity contribution in [3.63, 3.8) is 0 Å². The van der Waals surface area contributed by atoms with Crippen molar-refractivity contribution in [1.82, 2.24) is 34.9 Å². The SMILES string of the molecule is CNc1cc(N[C@H]2CC[C@H](NC(=O)OCc3cnccn3)CC2)nn2c(C(=O)Nc3ccncc3F)cnc12. The number of halogens is 1. The summed E-state index contributed by atoms with van der Waals surface area (Å²) < 4.78 is 20.6. The standard InChI is InChI=1S/C25H27FN10O3/c1-27-20-10-22(35-36-21(13-31-23(20)36)24(37)34-19-6-7-28-12-18(19)26)32-15-2-4-16(5-3-15)33-25(38)39-14-17-11-29-8-9-30-17/h6-13,15-16,27H,2-5,14H2,1H3,(H,32,35)(H,33,38)(H,28,34,37)/t15-,16-. The number of aromatic nitrogens is 6. The van der Waals surface area contributed by atoms with Crippen LogP contribution in [0.3, 0.4) is 0 Å². The van der Waals surface area contributed by atoms with Crippen LogP contribution in [0.4, 0.5) is 26.4 Å². The third-order valence-electron chi connectivity index (χ3n) is 6.36. The molecular weight excluding hydrogens is 507 g/mol. The fourth-order valence-electron chi connectivity index (χ4n) is 4.38. The first kappa shape index (κ1) is 25.8. The highest BCUT2D eigenvalue weighted by Crippen LogP contribution is 2.25. The maximum Gasteiger partial charge on any atom is 0.407 e. The molecule has 13 nitrogen and oxygen atoms in total. The minimum absolute atomic E-state index is 0.00162. The summed E-state index contributed by atoms with van der Waals surface area (Å²) in [6.45, 7) is 0.0598. The van der Waals surface area contributed by atoms with Gasteiger partial charge < -0.3 is 26.0 Å². The summed E-state index contributed by atoms with van der Waals surface area (Å²) in [5, 5.41) is 16.5. The minimum atomic E-state index is -0.644. The van der Waals surface area contributed by atoms with Gasteiger partial charge in [0.2, 0.25) is 0 Å². The lowest BCUT2D eigenvalue weighted by atomic mass is 9.91. The lowest BCUT2D eigenvalue weighted by molar-refractivity contribution is 0.101. The van der Waals surface area contributed by atoms with Crippen LogP contribution in [0.1, 0.15) is 41.9 Å². The Morgan fingerprint density at radius 3 is 2.56 bits per heavy atom. The summed E-state index contributed by atoms with van der Waals surface area (Å²) in [4.78, 5) is 41.1. The van der Waals surface area contributed by atoms with Gasteiger partial charge in [-0.25, -0.2) is 18.7 Å². The van der Waals surface area contributed by atoms with E-state index in [2.05, 4.69) is 46.3 Å². The third-order valence-corrected chi connectivity index (χ3v) is 6.36. The Hall–Kier alpha value is -4.88. The fourth-order valence-corrected chi connectivity index (χ4v) is 4.38. The second kappa shape index (κ2) is 11.7. The molecule has 0 bridgehead atoms. The van der Waals surface area contributed by atoms with Crippen LogP contribution in [-0.2, 0) is 11.3 Å². The average Bonchev–Trinajstić information content (AvgIpc) is 3.38. The van der Waals surface area contributed by atoms with Gasteiger partial charge in [-0.05, 0) is 31.7 Å². The van der Waals surface area contributed by atoms with Crippen LogP contribution in [0, 0.1) is 5.82 Å². The van der Waals surface area contributed by atoms with Crippen LogP contribution in [0.25, 0.3) is 5.65 Å². The van der Waals surface area contributed by atoms with Gasteiger partial charge in [0.15, 0.2) is 17.2 Å². The van der Waals surface area contributed by atoms with Crippen molar-refractivity contribution in [2.75, 3.05) is 23.0 Å². The van der Waals surface area contributed by atoms with Crippen molar-refractivity contribution in [2.45, 2.75) is 44.4 Å². The van der Waals surface area contributed by atoms with Crippen LogP contribution in [0.15, 0.2) is 49.3 Å². The summed E-state index contributed by atoms with van der Waals surface area (Å²) in [7, 11) is 1.75. The molecule has 4 N–H and O–H groups in total. The van der Waals surface area contributed by atoms with E-state index in [4.69, 9.17) is 4.74 Å². The molecule has 4 aromatic heterocycles. The van der Waals surface area contributed by atoms with E-state index in [9.17, 15) is 14.0 Å². The predicted molar refractivity (Wildman–Crippen MR) is 140 cm³/mol. The molecule has 2 amide bonds. The summed E-state index contributed by atoms with van der Waals surface area (Å²) >= 11 is 0. The van der Waals surface area contributed by atoms with E-state index >= 15 is 0 Å². The number of carbonyl (C=O) groups is 2. The molecule has 1 fully saturated rings. The van der Waals surface area contributed by atoms with E-state index < -0.39 is 17.8 Å². The molecule has 39 heavy (non-hydrogen) atoms. The molecular formula is C25H27FN10O3. The van der Waals surface area contributed by atoms with E-state index in [1.54, 1.807) is 25.6 Å². The summed E-state index contributed by atoms with van der Waals surface area (Å²) in [5.41, 5.74) is 1.86. The van der Waals surface area contributed by atoms with Gasteiger partial charge in [0.1, 0.15) is 12.4 Å². The summed E-state index contributed by atoms with van der Waals surface area (Å²) in [6, 6.07) is 3.30. The number of ether oxygens (including phenoxy) is 1. The number of alkyl carbamates (subject to hydrolysis) is 1. The Kier molecular flexibility index (Phi) is 7.70. The van der Waals surface area contributed by atoms with E-state index in [-0.39, 0.29) is 30.1 Å². The van der Waals surface area contributed by atoms with Gasteiger partial charge in [-0.15, -0.1) is 5.10 Å². The lowest BCUT2D eigenvalue weighted by Gasteiger charge is -2.29. The maximum absolute atomic E-state index is 14.0. The number of pyridine rings is 1. The number of rotatable bonds is 8. The first-order valence-corrected chi connectivity index (χ1v) is 12.4. The highest BCUT2D eigenvalue weighted by Gasteiger charge is 2.24. The highest BCUT2D eigenvalue weighted by molar-refractivity contribution is 6.03. The third kappa shape index (κ3) is 6.17. The molecule has 0 aromatic carbocycles. The Balaban J connectivity index is 1.20. The van der Waals surface area contributed by atoms with Crippen molar-refractivity contribution < 1.29 is 18.7 Å². The fraction of sp³-hybridized carbons (Fsp3) is 0.320. The molecule has 202 valence electrons. The van der Waals surface area contributed by atoms with Crippen LogP contribution >= 0.6 is 0 Å². The van der Waals surface area contributed by atoms with Crippen LogP contribution < -0.4 is 21.3 Å². The van der Waals surface area contributed by atoms with Gasteiger partial charge in [0.05, 0.1) is 35.7 Å². The minimum Gasteiger partial charge on any atom is -0.443 e. The Bertz CT molecular complexity index is 1460. The molecule has 4 heterocycles. The molecule has 1 aliphatic rings. The molecule has 1 saturated carbocycles. The number of fused-ring (bicyclic) bond motifs is 1. The van der Waals surface area contributed by atoms with Gasteiger partial charge in [0, 0.05) is 43.8 Å². The zero-order chi connectivity index (χ0) is 27.2. The second-order valence-electron chi connectivity index (χ2n) is 8.99. The quantitative estimate of drug-likeness (QED) is 0.265. The number of nitrogens with one attached hydrogen (secondary N) is 4. The van der Waals surface area contributed by atoms with Crippen molar-refractivity contribution in [3.05, 3.63) is 66.5 Å². The molecule has 0 radical (unpaired) electrons. The summed E-state index contributed by atoms with van der Waals surface area (Å²) in [5.74, 6) is -0.652. The first-order chi connectivity index (χ1) is 19.0. The van der Waals surface area contributed by atoms with Gasteiger partial charge in [-0.2, -0.15) is 0 Å². The number of carbonyl (C=O) groups excluding carboxylic acids is 2. The van der Waals surface area contributed by atoms with Crippen molar-refractivity contribution in [3.8, 4) is 0 Å². The van der Waals surface area contributed by atoms with Gasteiger partial charge >= 0.3 is 6.09 Å². The number of amides is 2. The number of hydrogen-bond donors (Lipinski definition) is 4. The van der Waals surface area contributed by atoms with E-state index in [0.717, 1.165) is 31.9 Å². The van der Waals surface area contributed by atoms with Crippen LogP contribution in [-0.4, -0.2) is 60.7 Å². The van der Waals surface area contributed by atoms with Gasteiger partial charge in [0.25, 0.3) is 5.91 Å². The second-order valence-corrected chi connectivity index (χ2v) is 8.99. The molecule has 5 rings (SSSR count). The number of imidazole rings is 1. The Morgan fingerprint density at radius 2 is 1.82 bits per heavy atom. The zero-order valence-electron chi connectivity index (χ0n) is 21.1. The lowest BCUT2D eigenvalue weighted by Crippen LogP contribution is -2.40. The largest absolute Gasteiger partial charge is 0.443 e. The zero-order valence-corrected chi connectivity index (χ0v) is 21.1. The molecule has 0 spiro atoms. The van der Waals surface area contributed by atoms with Crippen molar-refractivity contribution in [2.24, 2.45) is 0 Å². The highest BCUT2D eigenvalue weighted by atomic mass is 19.1. The molecule has 14 heteroatoms. The molecule has 1 aliphatic carbocycles. The topological polar surface area (TPSA) is 160 Å². The molecule has 0 aliphatic heterocycles.